The summed E-state index contributed by atoms with van der Waals surface area (Å²) in [5.74, 6) is -0.789. The van der Waals surface area contributed by atoms with E-state index in [1.807, 2.05) is 24.3 Å². The summed E-state index contributed by atoms with van der Waals surface area (Å²) in [6.45, 7) is 5.67. The minimum absolute atomic E-state index is 0.0889. The first-order chi connectivity index (χ1) is 11.3. The molecule has 0 saturated carbocycles. The highest BCUT2D eigenvalue weighted by Gasteiger charge is 2.16. The summed E-state index contributed by atoms with van der Waals surface area (Å²) in [6.07, 6.45) is -0.539. The lowest BCUT2D eigenvalue weighted by Gasteiger charge is -2.19. The lowest BCUT2D eigenvalue weighted by Crippen LogP contribution is -2.34. The first kappa shape index (κ1) is 17.6. The van der Waals surface area contributed by atoms with Crippen LogP contribution in [-0.4, -0.2) is 35.9 Å². The molecular weight excluding hydrogens is 310 g/mol. The third-order valence-corrected chi connectivity index (χ3v) is 3.11. The lowest BCUT2D eigenvalue weighted by atomic mass is 10.1. The number of aromatic carboxylic acids is 1. The smallest absolute Gasteiger partial charge is 0.407 e. The van der Waals surface area contributed by atoms with Gasteiger partial charge in [0.25, 0.3) is 0 Å². The molecule has 0 spiro atoms. The number of amides is 1. The Morgan fingerprint density at radius 3 is 2.33 bits per heavy atom. The summed E-state index contributed by atoms with van der Waals surface area (Å²) >= 11 is 0. The molecule has 0 radical (unpaired) electrons. The fourth-order valence-electron chi connectivity index (χ4n) is 2.13. The standard InChI is InChI=1S/C18H21NO5/c1-18(2,3)24-17(22)19-8-9-23-15-11-13-7-5-4-6-12(13)10-14(15)16(20)21/h4-7,10-11H,8-9H2,1-3H3,(H,19,22)(H,20,21). The number of carbonyl (C=O) groups is 2. The van der Waals surface area contributed by atoms with Gasteiger partial charge in [-0.15, -0.1) is 0 Å². The molecule has 0 aliphatic heterocycles. The van der Waals surface area contributed by atoms with Crippen molar-refractivity contribution in [2.24, 2.45) is 0 Å². The SMILES string of the molecule is CC(C)(C)OC(=O)NCCOc1cc2ccccc2cc1C(=O)O. The number of alkyl carbamates (subject to hydrolysis) is 1. The molecule has 2 aromatic rings. The van der Waals surface area contributed by atoms with Crippen LogP contribution in [0.25, 0.3) is 10.8 Å². The zero-order valence-electron chi connectivity index (χ0n) is 14.0. The number of rotatable bonds is 5. The maximum Gasteiger partial charge on any atom is 0.407 e. The van der Waals surface area contributed by atoms with Gasteiger partial charge in [0.1, 0.15) is 23.5 Å². The molecule has 6 heteroatoms. The largest absolute Gasteiger partial charge is 0.491 e. The second kappa shape index (κ2) is 7.21. The fourth-order valence-corrected chi connectivity index (χ4v) is 2.13. The van der Waals surface area contributed by atoms with Crippen LogP contribution in [0.5, 0.6) is 5.75 Å². The lowest BCUT2D eigenvalue weighted by molar-refractivity contribution is 0.0518. The van der Waals surface area contributed by atoms with Gasteiger partial charge >= 0.3 is 12.1 Å². The minimum Gasteiger partial charge on any atom is -0.491 e. The normalized spacial score (nSPS) is 11.1. The zero-order chi connectivity index (χ0) is 17.7. The Bertz CT molecular complexity index is 749. The number of carboxylic acid groups (broad SMARTS) is 1. The molecule has 0 aliphatic rings. The van der Waals surface area contributed by atoms with Crippen LogP contribution in [0.4, 0.5) is 4.79 Å². The van der Waals surface area contributed by atoms with Gasteiger partial charge < -0.3 is 19.9 Å². The molecule has 0 unspecified atom stereocenters. The highest BCUT2D eigenvalue weighted by atomic mass is 16.6. The molecule has 0 fully saturated rings. The summed E-state index contributed by atoms with van der Waals surface area (Å²) in [5, 5.41) is 13.6. The first-order valence-corrected chi connectivity index (χ1v) is 7.62. The van der Waals surface area contributed by atoms with Crippen LogP contribution in [0.1, 0.15) is 31.1 Å². The highest BCUT2D eigenvalue weighted by Crippen LogP contribution is 2.26. The molecule has 0 aliphatic carbocycles. The second-order valence-corrected chi connectivity index (χ2v) is 6.28. The quantitative estimate of drug-likeness (QED) is 0.820. The molecule has 2 N–H and O–H groups in total. The number of fused-ring (bicyclic) bond motifs is 1. The van der Waals surface area contributed by atoms with Crippen molar-refractivity contribution >= 4 is 22.8 Å². The van der Waals surface area contributed by atoms with Gasteiger partial charge in [-0.3, -0.25) is 0 Å². The molecule has 1 amide bonds. The van der Waals surface area contributed by atoms with Crippen molar-refractivity contribution in [2.45, 2.75) is 26.4 Å². The Morgan fingerprint density at radius 1 is 1.12 bits per heavy atom. The molecule has 2 aromatic carbocycles. The van der Waals surface area contributed by atoms with Crippen LogP contribution in [0.2, 0.25) is 0 Å². The molecule has 0 aromatic heterocycles. The van der Waals surface area contributed by atoms with Gasteiger partial charge in [0, 0.05) is 0 Å². The van der Waals surface area contributed by atoms with Crippen molar-refractivity contribution in [3.8, 4) is 5.75 Å². The van der Waals surface area contributed by atoms with E-state index in [1.165, 1.54) is 0 Å². The van der Waals surface area contributed by atoms with Crippen LogP contribution in [0, 0.1) is 0 Å². The average molecular weight is 331 g/mol. The van der Waals surface area contributed by atoms with E-state index in [4.69, 9.17) is 9.47 Å². The molecular formula is C18H21NO5. The van der Waals surface area contributed by atoms with Gasteiger partial charge in [-0.1, -0.05) is 24.3 Å². The topological polar surface area (TPSA) is 84.9 Å². The van der Waals surface area contributed by atoms with E-state index in [0.717, 1.165) is 10.8 Å². The number of nitrogens with one attached hydrogen (secondary N) is 1. The molecule has 128 valence electrons. The Labute approximate surface area is 140 Å². The van der Waals surface area contributed by atoms with Crippen LogP contribution >= 0.6 is 0 Å². The van der Waals surface area contributed by atoms with E-state index in [0.29, 0.717) is 0 Å². The number of ether oxygens (including phenoxy) is 2. The summed E-state index contributed by atoms with van der Waals surface area (Å²) in [7, 11) is 0. The maximum absolute atomic E-state index is 11.5. The Hall–Kier alpha value is -2.76. The minimum atomic E-state index is -1.06. The molecule has 2 rings (SSSR count). The van der Waals surface area contributed by atoms with Crippen molar-refractivity contribution in [3.05, 3.63) is 42.0 Å². The number of carboxylic acids is 1. The fraction of sp³-hybridized carbons (Fsp3) is 0.333. The van der Waals surface area contributed by atoms with E-state index in [2.05, 4.69) is 5.32 Å². The monoisotopic (exact) mass is 331 g/mol. The molecule has 24 heavy (non-hydrogen) atoms. The van der Waals surface area contributed by atoms with Gasteiger partial charge in [-0.05, 0) is 43.7 Å². The highest BCUT2D eigenvalue weighted by molar-refractivity contribution is 5.97. The Morgan fingerprint density at radius 2 is 1.75 bits per heavy atom. The Kier molecular flexibility index (Phi) is 5.28. The number of hydrogen-bond acceptors (Lipinski definition) is 4. The average Bonchev–Trinajstić information content (AvgIpc) is 2.49. The summed E-state index contributed by atoms with van der Waals surface area (Å²) in [5.41, 5.74) is -0.481. The van der Waals surface area contributed by atoms with E-state index in [9.17, 15) is 14.7 Å². The van der Waals surface area contributed by atoms with Crippen molar-refractivity contribution in [3.63, 3.8) is 0 Å². The second-order valence-electron chi connectivity index (χ2n) is 6.28. The first-order valence-electron chi connectivity index (χ1n) is 7.62. The summed E-state index contributed by atoms with van der Waals surface area (Å²) in [6, 6.07) is 10.7. The van der Waals surface area contributed by atoms with E-state index in [-0.39, 0.29) is 24.5 Å². The van der Waals surface area contributed by atoms with Crippen LogP contribution in [0.15, 0.2) is 36.4 Å². The Balaban J connectivity index is 2.00. The third kappa shape index (κ3) is 4.87. The van der Waals surface area contributed by atoms with Crippen molar-refractivity contribution in [1.29, 1.82) is 0 Å². The van der Waals surface area contributed by atoms with Crippen molar-refractivity contribution < 1.29 is 24.2 Å². The molecule has 0 saturated heterocycles. The zero-order valence-corrected chi connectivity index (χ0v) is 14.0. The number of benzene rings is 2. The van der Waals surface area contributed by atoms with Crippen LogP contribution in [0.3, 0.4) is 0 Å². The summed E-state index contributed by atoms with van der Waals surface area (Å²) < 4.78 is 10.6. The molecule has 0 bridgehead atoms. The van der Waals surface area contributed by atoms with Crippen LogP contribution < -0.4 is 10.1 Å². The van der Waals surface area contributed by atoms with Gasteiger partial charge in [-0.2, -0.15) is 0 Å². The van der Waals surface area contributed by atoms with Gasteiger partial charge in [0.15, 0.2) is 0 Å². The van der Waals surface area contributed by atoms with Gasteiger partial charge in [0.2, 0.25) is 0 Å². The van der Waals surface area contributed by atoms with Gasteiger partial charge in [0.05, 0.1) is 6.54 Å². The van der Waals surface area contributed by atoms with E-state index >= 15 is 0 Å². The molecule has 0 atom stereocenters. The molecule has 6 nitrogen and oxygen atoms in total. The number of carbonyl (C=O) groups excluding carboxylic acids is 1. The predicted octanol–water partition coefficient (Wildman–Crippen LogP) is 3.44. The van der Waals surface area contributed by atoms with Crippen LogP contribution in [-0.2, 0) is 4.74 Å². The van der Waals surface area contributed by atoms with Crippen molar-refractivity contribution in [1.82, 2.24) is 5.32 Å². The van der Waals surface area contributed by atoms with Gasteiger partial charge in [-0.25, -0.2) is 9.59 Å². The summed E-state index contributed by atoms with van der Waals surface area (Å²) in [4.78, 5) is 22.9. The number of hydrogen-bond donors (Lipinski definition) is 2. The van der Waals surface area contributed by atoms with E-state index < -0.39 is 17.7 Å². The maximum atomic E-state index is 11.5. The van der Waals surface area contributed by atoms with Crippen molar-refractivity contribution in [2.75, 3.05) is 13.2 Å². The van der Waals surface area contributed by atoms with E-state index in [1.54, 1.807) is 32.9 Å². The third-order valence-electron chi connectivity index (χ3n) is 3.11. The predicted molar refractivity (Wildman–Crippen MR) is 90.6 cm³/mol. The molecule has 0 heterocycles.